The van der Waals surface area contributed by atoms with Gasteiger partial charge in [0.1, 0.15) is 0 Å². The zero-order chi connectivity index (χ0) is 9.10. The molecule has 0 aliphatic heterocycles. The van der Waals surface area contributed by atoms with E-state index in [4.69, 9.17) is 5.11 Å². The van der Waals surface area contributed by atoms with Crippen LogP contribution in [-0.2, 0) is 0 Å². The molecule has 1 heterocycles. The molecule has 0 aliphatic carbocycles. The van der Waals surface area contributed by atoms with Gasteiger partial charge in [-0.3, -0.25) is 0 Å². The maximum absolute atomic E-state index is 9.15. The van der Waals surface area contributed by atoms with Crippen molar-refractivity contribution >= 4 is 0 Å². The van der Waals surface area contributed by atoms with Crippen molar-refractivity contribution < 1.29 is 5.11 Å². The summed E-state index contributed by atoms with van der Waals surface area (Å²) in [5, 5.41) is 9.15. The van der Waals surface area contributed by atoms with Crippen molar-refractivity contribution in [2.45, 2.75) is 0 Å². The molecule has 2 nitrogen and oxygen atoms in total. The van der Waals surface area contributed by atoms with Crippen LogP contribution in [0.5, 0.6) is 5.88 Å². The number of benzene rings is 1. The van der Waals surface area contributed by atoms with E-state index in [9.17, 15) is 0 Å². The van der Waals surface area contributed by atoms with E-state index in [0.717, 1.165) is 11.1 Å². The number of hydrogen-bond donors (Lipinski definition) is 1. The first kappa shape index (κ1) is 7.80. The maximum atomic E-state index is 9.15. The summed E-state index contributed by atoms with van der Waals surface area (Å²) in [5.41, 5.74) is 1.98. The molecule has 0 spiro atoms. The first-order valence-corrected chi connectivity index (χ1v) is 3.98. The normalized spacial score (nSPS) is 9.85. The summed E-state index contributed by atoms with van der Waals surface area (Å²) < 4.78 is 0. The molecule has 0 fully saturated rings. The largest absolute Gasteiger partial charge is 0.493 e. The van der Waals surface area contributed by atoms with E-state index >= 15 is 0 Å². The van der Waals surface area contributed by atoms with Crippen LogP contribution < -0.4 is 0 Å². The Labute approximate surface area is 76.5 Å². The van der Waals surface area contributed by atoms with Crippen molar-refractivity contribution in [1.82, 2.24) is 4.98 Å². The topological polar surface area (TPSA) is 33.1 Å². The molecule has 1 radical (unpaired) electrons. The Morgan fingerprint density at radius 3 is 2.85 bits per heavy atom. The summed E-state index contributed by atoms with van der Waals surface area (Å²) >= 11 is 0. The molecule has 0 saturated carbocycles. The van der Waals surface area contributed by atoms with E-state index in [1.807, 2.05) is 30.3 Å². The fourth-order valence-electron chi connectivity index (χ4n) is 1.17. The predicted octanol–water partition coefficient (Wildman–Crippen LogP) is 2.25. The van der Waals surface area contributed by atoms with Gasteiger partial charge in [0.15, 0.2) is 0 Å². The van der Waals surface area contributed by atoms with Crippen LogP contribution >= 0.6 is 0 Å². The van der Waals surface area contributed by atoms with Gasteiger partial charge in [-0.25, -0.2) is 4.98 Å². The number of aromatic hydroxyl groups is 1. The zero-order valence-electron chi connectivity index (χ0n) is 6.94. The summed E-state index contributed by atoms with van der Waals surface area (Å²) in [5.74, 6) is 0.0429. The molecule has 2 aromatic rings. The summed E-state index contributed by atoms with van der Waals surface area (Å²) in [6.45, 7) is 0. The monoisotopic (exact) mass is 170 g/mol. The third kappa shape index (κ3) is 1.67. The van der Waals surface area contributed by atoms with Gasteiger partial charge < -0.3 is 5.11 Å². The minimum Gasteiger partial charge on any atom is -0.493 e. The van der Waals surface area contributed by atoms with E-state index in [2.05, 4.69) is 11.1 Å². The van der Waals surface area contributed by atoms with E-state index in [1.54, 1.807) is 12.3 Å². The smallest absolute Gasteiger partial charge is 0.211 e. The Morgan fingerprint density at radius 2 is 2.15 bits per heavy atom. The molecular weight excluding hydrogens is 162 g/mol. The van der Waals surface area contributed by atoms with Crippen molar-refractivity contribution in [2.75, 3.05) is 0 Å². The Hall–Kier alpha value is -1.83. The van der Waals surface area contributed by atoms with Crippen molar-refractivity contribution in [1.29, 1.82) is 0 Å². The molecule has 2 heteroatoms. The predicted molar refractivity (Wildman–Crippen MR) is 50.2 cm³/mol. The highest BCUT2D eigenvalue weighted by molar-refractivity contribution is 5.63. The van der Waals surface area contributed by atoms with Crippen LogP contribution in [0.4, 0.5) is 0 Å². The summed E-state index contributed by atoms with van der Waals surface area (Å²) in [6, 6.07) is 14.0. The first-order valence-electron chi connectivity index (χ1n) is 3.98. The lowest BCUT2D eigenvalue weighted by atomic mass is 10.1. The molecule has 0 saturated heterocycles. The average molecular weight is 170 g/mol. The zero-order valence-corrected chi connectivity index (χ0v) is 6.94. The lowest BCUT2D eigenvalue weighted by Crippen LogP contribution is -1.78. The quantitative estimate of drug-likeness (QED) is 0.712. The molecule has 2 rings (SSSR count). The first-order chi connectivity index (χ1) is 6.36. The van der Waals surface area contributed by atoms with Gasteiger partial charge in [-0.2, -0.15) is 0 Å². The SMILES string of the molecule is Oc1cc(-c2c[c]ccc2)ccn1. The highest BCUT2D eigenvalue weighted by Crippen LogP contribution is 2.20. The molecule has 0 bridgehead atoms. The van der Waals surface area contributed by atoms with Gasteiger partial charge in [-0.15, -0.1) is 0 Å². The number of pyridine rings is 1. The second-order valence-electron chi connectivity index (χ2n) is 2.69. The average Bonchev–Trinajstić information content (AvgIpc) is 2.19. The van der Waals surface area contributed by atoms with Crippen molar-refractivity contribution in [3.05, 3.63) is 48.7 Å². The Bertz CT molecular complexity index is 398. The lowest BCUT2D eigenvalue weighted by Gasteiger charge is -1.99. The standard InChI is InChI=1S/C11H8NO/c13-11-8-10(6-7-12-11)9-4-2-1-3-5-9/h1-2,4-8H,(H,12,13). The van der Waals surface area contributed by atoms with Crippen LogP contribution in [0, 0.1) is 6.07 Å². The molecule has 1 aromatic heterocycles. The van der Waals surface area contributed by atoms with Crippen LogP contribution in [0.1, 0.15) is 0 Å². The van der Waals surface area contributed by atoms with Crippen molar-refractivity contribution in [2.24, 2.45) is 0 Å². The third-order valence-electron chi connectivity index (χ3n) is 1.79. The van der Waals surface area contributed by atoms with E-state index in [0.29, 0.717) is 0 Å². The van der Waals surface area contributed by atoms with Gasteiger partial charge >= 0.3 is 0 Å². The fraction of sp³-hybridized carbons (Fsp3) is 0. The van der Waals surface area contributed by atoms with E-state index in [-0.39, 0.29) is 5.88 Å². The number of nitrogens with zero attached hydrogens (tertiary/aromatic N) is 1. The molecule has 13 heavy (non-hydrogen) atoms. The molecule has 1 N–H and O–H groups in total. The van der Waals surface area contributed by atoms with E-state index in [1.165, 1.54) is 0 Å². The maximum Gasteiger partial charge on any atom is 0.211 e. The number of hydrogen-bond acceptors (Lipinski definition) is 2. The molecule has 0 aliphatic rings. The van der Waals surface area contributed by atoms with Gasteiger partial charge in [-0.05, 0) is 29.3 Å². The van der Waals surface area contributed by atoms with Crippen LogP contribution in [0.25, 0.3) is 11.1 Å². The molecule has 0 atom stereocenters. The molecule has 1 aromatic carbocycles. The number of aromatic nitrogens is 1. The van der Waals surface area contributed by atoms with Crippen LogP contribution in [0.15, 0.2) is 42.6 Å². The minimum absolute atomic E-state index is 0.0429. The second kappa shape index (κ2) is 3.27. The molecular formula is C11H8NO. The van der Waals surface area contributed by atoms with Crippen molar-refractivity contribution in [3.63, 3.8) is 0 Å². The molecule has 0 unspecified atom stereocenters. The highest BCUT2D eigenvalue weighted by Gasteiger charge is 1.96. The van der Waals surface area contributed by atoms with Gasteiger partial charge in [0, 0.05) is 12.3 Å². The summed E-state index contributed by atoms with van der Waals surface area (Å²) in [7, 11) is 0. The van der Waals surface area contributed by atoms with Gasteiger partial charge in [0.25, 0.3) is 0 Å². The minimum atomic E-state index is 0.0429. The summed E-state index contributed by atoms with van der Waals surface area (Å²) in [6.07, 6.45) is 1.58. The van der Waals surface area contributed by atoms with E-state index < -0.39 is 0 Å². The van der Waals surface area contributed by atoms with Gasteiger partial charge in [0.2, 0.25) is 5.88 Å². The summed E-state index contributed by atoms with van der Waals surface area (Å²) in [4.78, 5) is 3.71. The molecule has 0 amide bonds. The van der Waals surface area contributed by atoms with Crippen LogP contribution in [-0.4, -0.2) is 10.1 Å². The number of rotatable bonds is 1. The van der Waals surface area contributed by atoms with Crippen LogP contribution in [0.3, 0.4) is 0 Å². The molecule has 63 valence electrons. The van der Waals surface area contributed by atoms with Crippen molar-refractivity contribution in [3.8, 4) is 17.0 Å². The lowest BCUT2D eigenvalue weighted by molar-refractivity contribution is 0.454. The highest BCUT2D eigenvalue weighted by atomic mass is 16.3. The van der Waals surface area contributed by atoms with Gasteiger partial charge in [0.05, 0.1) is 0 Å². The van der Waals surface area contributed by atoms with Gasteiger partial charge in [-0.1, -0.05) is 18.2 Å². The Balaban J connectivity index is 2.48. The van der Waals surface area contributed by atoms with Crippen LogP contribution in [0.2, 0.25) is 0 Å². The Morgan fingerprint density at radius 1 is 1.23 bits per heavy atom. The third-order valence-corrected chi connectivity index (χ3v) is 1.79. The fourth-order valence-corrected chi connectivity index (χ4v) is 1.17. The second-order valence-corrected chi connectivity index (χ2v) is 2.69. The Kier molecular flexibility index (Phi) is 1.96.